The van der Waals surface area contributed by atoms with Crippen molar-refractivity contribution in [2.45, 2.75) is 96.4 Å². The number of hydrogen-bond donors (Lipinski definition) is 3. The number of amides is 3. The Morgan fingerprint density at radius 1 is 1.08 bits per heavy atom. The minimum absolute atomic E-state index is 0.00895. The minimum Gasteiger partial charge on any atom is -0.444 e. The summed E-state index contributed by atoms with van der Waals surface area (Å²) in [6.07, 6.45) is -0.110. The van der Waals surface area contributed by atoms with Gasteiger partial charge in [0.1, 0.15) is 11.6 Å². The van der Waals surface area contributed by atoms with E-state index in [-0.39, 0.29) is 60.8 Å². The summed E-state index contributed by atoms with van der Waals surface area (Å²) in [5, 5.41) is 6.01. The van der Waals surface area contributed by atoms with Crippen LogP contribution < -0.4 is 16.4 Å². The number of alkyl carbamates (subject to hydrolysis) is 1. The molecule has 4 aliphatic carbocycles. The molecule has 0 aromatic rings. The fourth-order valence-electron chi connectivity index (χ4n) is 7.45. The molecule has 11 heteroatoms. The van der Waals surface area contributed by atoms with Crippen LogP contribution >= 0.6 is 0 Å². The third-order valence-corrected chi connectivity index (χ3v) is 10.00. The minimum atomic E-state index is -2.77. The fourth-order valence-corrected chi connectivity index (χ4v) is 7.45. The molecule has 218 valence electrons. The van der Waals surface area contributed by atoms with Crippen molar-refractivity contribution in [2.24, 2.45) is 46.7 Å². The van der Waals surface area contributed by atoms with Crippen molar-refractivity contribution in [1.29, 1.82) is 0 Å². The number of nitrogens with one attached hydrogen (secondary N) is 2. The van der Waals surface area contributed by atoms with E-state index in [1.807, 2.05) is 0 Å². The van der Waals surface area contributed by atoms with Gasteiger partial charge in [-0.1, -0.05) is 13.8 Å². The highest BCUT2D eigenvalue weighted by molar-refractivity contribution is 6.37. The molecule has 0 radical (unpaired) electrons. The number of nitrogens with zero attached hydrogens (tertiary/aromatic N) is 1. The maximum Gasteiger partial charge on any atom is 0.408 e. The lowest BCUT2D eigenvalue weighted by molar-refractivity contribution is -0.139. The monoisotopic (exact) mass is 552 g/mol. The predicted molar refractivity (Wildman–Crippen MR) is 137 cm³/mol. The van der Waals surface area contributed by atoms with Crippen LogP contribution in [0.4, 0.5) is 13.6 Å². The summed E-state index contributed by atoms with van der Waals surface area (Å²) in [7, 11) is 0. The van der Waals surface area contributed by atoms with Crippen LogP contribution in [-0.4, -0.2) is 71.3 Å². The van der Waals surface area contributed by atoms with Crippen LogP contribution in [0, 0.1) is 40.9 Å². The number of carbonyl (C=O) groups is 4. The lowest BCUT2D eigenvalue weighted by Gasteiger charge is -2.39. The molecule has 5 rings (SSSR count). The topological polar surface area (TPSA) is 131 Å². The maximum absolute atomic E-state index is 14.1. The Morgan fingerprint density at radius 2 is 1.69 bits per heavy atom. The summed E-state index contributed by atoms with van der Waals surface area (Å²) in [6, 6.07) is -1.90. The van der Waals surface area contributed by atoms with Crippen LogP contribution in [0.15, 0.2) is 0 Å². The van der Waals surface area contributed by atoms with Crippen molar-refractivity contribution in [3.05, 3.63) is 0 Å². The molecule has 0 bridgehead atoms. The molecule has 0 aromatic heterocycles. The second-order valence-electron chi connectivity index (χ2n) is 14.1. The molecule has 4 N–H and O–H groups in total. The Morgan fingerprint density at radius 3 is 2.21 bits per heavy atom. The normalized spacial score (nSPS) is 35.2. The average molecular weight is 553 g/mol. The lowest BCUT2D eigenvalue weighted by atomic mass is 9.81. The van der Waals surface area contributed by atoms with Crippen molar-refractivity contribution >= 4 is 23.7 Å². The van der Waals surface area contributed by atoms with Crippen molar-refractivity contribution in [3.63, 3.8) is 0 Å². The first-order chi connectivity index (χ1) is 18.0. The molecular weight excluding hydrogens is 510 g/mol. The first kappa shape index (κ1) is 28.2. The molecule has 39 heavy (non-hydrogen) atoms. The molecular formula is C28H42F2N4O5. The largest absolute Gasteiger partial charge is 0.444 e. The predicted octanol–water partition coefficient (Wildman–Crippen LogP) is 2.47. The second-order valence-corrected chi connectivity index (χ2v) is 14.1. The lowest BCUT2D eigenvalue weighted by Crippen LogP contribution is -2.58. The van der Waals surface area contributed by atoms with Crippen LogP contribution in [0.1, 0.15) is 66.7 Å². The van der Waals surface area contributed by atoms with Gasteiger partial charge in [0.05, 0.1) is 6.04 Å². The van der Waals surface area contributed by atoms with Gasteiger partial charge in [0.25, 0.3) is 5.91 Å². The van der Waals surface area contributed by atoms with Gasteiger partial charge in [-0.2, -0.15) is 0 Å². The van der Waals surface area contributed by atoms with E-state index in [1.54, 1.807) is 25.7 Å². The number of fused-ring (bicyclic) bond motifs is 2. The molecule has 5 aliphatic rings. The number of hydrogen-bond acceptors (Lipinski definition) is 6. The highest BCUT2D eigenvalue weighted by atomic mass is 19.3. The molecule has 0 aromatic carbocycles. The van der Waals surface area contributed by atoms with Crippen molar-refractivity contribution < 1.29 is 32.7 Å². The third kappa shape index (κ3) is 5.52. The summed E-state index contributed by atoms with van der Waals surface area (Å²) < 4.78 is 33.3. The van der Waals surface area contributed by atoms with Gasteiger partial charge in [-0.05, 0) is 81.0 Å². The van der Waals surface area contributed by atoms with Crippen molar-refractivity contribution in [1.82, 2.24) is 15.5 Å². The van der Waals surface area contributed by atoms with E-state index in [0.29, 0.717) is 24.9 Å². The quantitative estimate of drug-likeness (QED) is 0.377. The van der Waals surface area contributed by atoms with E-state index in [2.05, 4.69) is 24.5 Å². The van der Waals surface area contributed by atoms with Gasteiger partial charge < -0.3 is 26.0 Å². The summed E-state index contributed by atoms with van der Waals surface area (Å²) >= 11 is 0. The number of nitrogens with two attached hydrogens (primary N) is 1. The zero-order valence-electron chi connectivity index (χ0n) is 23.5. The fraction of sp³-hybridized carbons (Fsp3) is 0.857. The van der Waals surface area contributed by atoms with Gasteiger partial charge in [-0.3, -0.25) is 14.4 Å². The highest BCUT2D eigenvalue weighted by Gasteiger charge is 2.70. The second kappa shape index (κ2) is 9.38. The van der Waals surface area contributed by atoms with Crippen LogP contribution in [-0.2, 0) is 19.1 Å². The van der Waals surface area contributed by atoms with E-state index < -0.39 is 47.3 Å². The van der Waals surface area contributed by atoms with Gasteiger partial charge in [-0.15, -0.1) is 0 Å². The van der Waals surface area contributed by atoms with E-state index in [4.69, 9.17) is 10.5 Å². The smallest absolute Gasteiger partial charge is 0.408 e. The van der Waals surface area contributed by atoms with E-state index >= 15 is 0 Å². The average Bonchev–Trinajstić information content (AvgIpc) is 3.74. The van der Waals surface area contributed by atoms with Gasteiger partial charge in [0.15, 0.2) is 0 Å². The Hall–Kier alpha value is -2.30. The van der Waals surface area contributed by atoms with Gasteiger partial charge in [-0.25, -0.2) is 13.6 Å². The molecule has 5 fully saturated rings. The molecule has 1 heterocycles. The molecule has 7 atom stereocenters. The summed E-state index contributed by atoms with van der Waals surface area (Å²) in [4.78, 5) is 52.9. The molecule has 3 amide bonds. The number of alkyl halides is 2. The van der Waals surface area contributed by atoms with E-state index in [1.165, 1.54) is 0 Å². The first-order valence-electron chi connectivity index (χ1n) is 14.3. The Labute approximate surface area is 228 Å². The number of likely N-dealkylation sites (tertiary alicyclic amines) is 1. The number of halogens is 2. The Kier molecular flexibility index (Phi) is 6.79. The van der Waals surface area contributed by atoms with Crippen LogP contribution in [0.25, 0.3) is 0 Å². The number of carbonyl (C=O) groups excluding carboxylic acids is 4. The summed E-state index contributed by atoms with van der Waals surface area (Å²) in [5.41, 5.74) is 4.56. The molecule has 1 aliphatic heterocycles. The Bertz CT molecular complexity index is 1040. The zero-order chi connectivity index (χ0) is 28.7. The molecule has 0 spiro atoms. The summed E-state index contributed by atoms with van der Waals surface area (Å²) in [6.45, 7) is 10.3. The van der Waals surface area contributed by atoms with Crippen molar-refractivity contribution in [3.8, 4) is 0 Å². The molecule has 1 saturated heterocycles. The zero-order valence-corrected chi connectivity index (χ0v) is 23.5. The standard InChI is InChI=1S/C28H42F2N4O5/c1-26(2,3)39-25(38)33-20(13-6-8-28(29,30)9-7-13)24(37)34-12-16-19(27(16,4)5)17(34)11-32-21(22(35)23(31)36)18-14-10-15(14)18/h13-21,32H,6-12H2,1-5H3,(H2,31,36)(H,33,38)/t14?,15?,16-,17+,18?,19?,20-,21?/m0/s1. The molecule has 4 unspecified atom stereocenters. The van der Waals surface area contributed by atoms with E-state index in [0.717, 1.165) is 6.42 Å². The first-order valence-corrected chi connectivity index (χ1v) is 14.3. The van der Waals surface area contributed by atoms with Gasteiger partial charge in [0, 0.05) is 32.0 Å². The molecule has 4 saturated carbocycles. The molecule has 9 nitrogen and oxygen atoms in total. The van der Waals surface area contributed by atoms with Crippen molar-refractivity contribution in [2.75, 3.05) is 13.1 Å². The SMILES string of the molecule is CC(C)(C)OC(=O)N[C@H](C(=O)N1C[C@H]2C([C@H]1CNC(C(=O)C(N)=O)C1C3CC31)C2(C)C)C1CCC(F)(F)CC1. The number of ether oxygens (including phenoxy) is 1. The number of rotatable bonds is 9. The van der Waals surface area contributed by atoms with Crippen LogP contribution in [0.3, 0.4) is 0 Å². The van der Waals surface area contributed by atoms with E-state index in [9.17, 15) is 28.0 Å². The number of Topliss-reactive ketones (excluding diaryl/α,β-unsaturated/α-hetero) is 1. The van der Waals surface area contributed by atoms with Crippen LogP contribution in [0.2, 0.25) is 0 Å². The number of piperidine rings is 1. The summed E-state index contributed by atoms with van der Waals surface area (Å²) in [5.74, 6) is -3.62. The third-order valence-electron chi connectivity index (χ3n) is 10.00. The highest BCUT2D eigenvalue weighted by Crippen LogP contribution is 2.69. The maximum atomic E-state index is 14.1. The Balaban J connectivity index is 1.33. The van der Waals surface area contributed by atoms with Crippen LogP contribution in [0.5, 0.6) is 0 Å². The van der Waals surface area contributed by atoms with Gasteiger partial charge in [0.2, 0.25) is 17.6 Å². The number of primary amides is 1. The number of ketones is 1. The van der Waals surface area contributed by atoms with Gasteiger partial charge >= 0.3 is 6.09 Å².